The van der Waals surface area contributed by atoms with Crippen LogP contribution < -0.4 is 0 Å². The van der Waals surface area contributed by atoms with Crippen LogP contribution in [0.25, 0.3) is 0 Å². The van der Waals surface area contributed by atoms with Crippen LogP contribution in [-0.2, 0) is 19.0 Å². The van der Waals surface area contributed by atoms with Crippen molar-refractivity contribution in [3.63, 3.8) is 0 Å². The van der Waals surface area contributed by atoms with Gasteiger partial charge in [0.25, 0.3) is 10.1 Å². The molecule has 0 saturated heterocycles. The van der Waals surface area contributed by atoms with E-state index in [2.05, 4.69) is 4.74 Å². The van der Waals surface area contributed by atoms with E-state index in [1.165, 1.54) is 12.1 Å². The SMILES string of the molecule is Cc1ccc(S(=O)(=O)OCCC2CC(OC(F)(F)F)C2)cc1. The number of hydrogen-bond acceptors (Lipinski definition) is 4. The number of rotatable bonds is 6. The molecule has 0 aliphatic heterocycles. The fourth-order valence-corrected chi connectivity index (χ4v) is 3.21. The zero-order valence-electron chi connectivity index (χ0n) is 12.0. The Morgan fingerprint density at radius 2 is 1.77 bits per heavy atom. The van der Waals surface area contributed by atoms with Crippen LogP contribution in [0.5, 0.6) is 0 Å². The molecular formula is C14H17F3O4S. The van der Waals surface area contributed by atoms with Crippen LogP contribution in [0.1, 0.15) is 24.8 Å². The molecule has 124 valence electrons. The number of hydrogen-bond donors (Lipinski definition) is 0. The van der Waals surface area contributed by atoms with Crippen LogP contribution in [-0.4, -0.2) is 27.5 Å². The Labute approximate surface area is 127 Å². The van der Waals surface area contributed by atoms with Crippen molar-refractivity contribution in [3.8, 4) is 0 Å². The topological polar surface area (TPSA) is 52.6 Å². The summed E-state index contributed by atoms with van der Waals surface area (Å²) in [5, 5.41) is 0. The zero-order chi connectivity index (χ0) is 16.4. The quantitative estimate of drug-likeness (QED) is 0.746. The van der Waals surface area contributed by atoms with E-state index in [0.29, 0.717) is 6.42 Å². The van der Waals surface area contributed by atoms with Gasteiger partial charge in [-0.2, -0.15) is 8.42 Å². The molecule has 1 aromatic rings. The Hall–Kier alpha value is -1.12. The van der Waals surface area contributed by atoms with Crippen molar-refractivity contribution in [2.75, 3.05) is 6.61 Å². The average Bonchev–Trinajstić information content (AvgIpc) is 2.34. The lowest BCUT2D eigenvalue weighted by Gasteiger charge is -2.35. The van der Waals surface area contributed by atoms with Gasteiger partial charge in [-0.05, 0) is 44.2 Å². The normalized spacial score (nSPS) is 22.4. The molecule has 4 nitrogen and oxygen atoms in total. The van der Waals surface area contributed by atoms with E-state index in [4.69, 9.17) is 4.18 Å². The molecular weight excluding hydrogens is 321 g/mol. The molecule has 0 heterocycles. The molecule has 1 fully saturated rings. The van der Waals surface area contributed by atoms with E-state index < -0.39 is 22.6 Å². The van der Waals surface area contributed by atoms with Gasteiger partial charge in [0.15, 0.2) is 0 Å². The maximum Gasteiger partial charge on any atom is 0.522 e. The first-order valence-corrected chi connectivity index (χ1v) is 8.27. The molecule has 8 heteroatoms. The molecule has 1 aromatic carbocycles. The van der Waals surface area contributed by atoms with Gasteiger partial charge in [0.05, 0.1) is 17.6 Å². The molecule has 1 saturated carbocycles. The van der Waals surface area contributed by atoms with E-state index in [-0.39, 0.29) is 30.3 Å². The van der Waals surface area contributed by atoms with Crippen molar-refractivity contribution >= 4 is 10.1 Å². The van der Waals surface area contributed by atoms with Crippen LogP contribution in [0.3, 0.4) is 0 Å². The van der Waals surface area contributed by atoms with Gasteiger partial charge >= 0.3 is 6.36 Å². The predicted molar refractivity (Wildman–Crippen MR) is 72.6 cm³/mol. The van der Waals surface area contributed by atoms with E-state index in [0.717, 1.165) is 5.56 Å². The predicted octanol–water partition coefficient (Wildman–Crippen LogP) is 3.41. The highest BCUT2D eigenvalue weighted by atomic mass is 32.2. The monoisotopic (exact) mass is 338 g/mol. The average molecular weight is 338 g/mol. The summed E-state index contributed by atoms with van der Waals surface area (Å²) in [5.74, 6) is 0.000526. The minimum Gasteiger partial charge on any atom is -0.289 e. The highest BCUT2D eigenvalue weighted by Crippen LogP contribution is 2.36. The summed E-state index contributed by atoms with van der Waals surface area (Å²) in [6, 6.07) is 6.25. The molecule has 0 unspecified atom stereocenters. The molecule has 0 atom stereocenters. The second kappa shape index (κ2) is 6.55. The highest BCUT2D eigenvalue weighted by molar-refractivity contribution is 7.86. The van der Waals surface area contributed by atoms with Crippen molar-refractivity contribution in [1.29, 1.82) is 0 Å². The molecule has 0 spiro atoms. The third kappa shape index (κ3) is 4.96. The third-order valence-electron chi connectivity index (χ3n) is 3.57. The van der Waals surface area contributed by atoms with Gasteiger partial charge in [-0.15, -0.1) is 13.2 Å². The minimum atomic E-state index is -4.61. The van der Waals surface area contributed by atoms with E-state index >= 15 is 0 Å². The Morgan fingerprint density at radius 3 is 2.32 bits per heavy atom. The lowest BCUT2D eigenvalue weighted by atomic mass is 9.80. The molecule has 0 aromatic heterocycles. The van der Waals surface area contributed by atoms with Gasteiger partial charge < -0.3 is 0 Å². The molecule has 0 amide bonds. The Balaban J connectivity index is 1.72. The standard InChI is InChI=1S/C14H17F3O4S/c1-10-2-4-13(5-3-10)22(18,19)20-7-6-11-8-12(9-11)21-14(15,16)17/h2-5,11-12H,6-9H2,1H3. The molecule has 1 aliphatic carbocycles. The summed E-state index contributed by atoms with van der Waals surface area (Å²) >= 11 is 0. The van der Waals surface area contributed by atoms with E-state index in [9.17, 15) is 21.6 Å². The van der Waals surface area contributed by atoms with Gasteiger partial charge in [0.1, 0.15) is 0 Å². The Morgan fingerprint density at radius 1 is 1.18 bits per heavy atom. The highest BCUT2D eigenvalue weighted by Gasteiger charge is 2.39. The first kappa shape index (κ1) is 17.2. The minimum absolute atomic E-state index is 0.000526. The Kier molecular flexibility index (Phi) is 5.14. The molecule has 0 bridgehead atoms. The van der Waals surface area contributed by atoms with Crippen molar-refractivity contribution in [2.45, 2.75) is 43.5 Å². The lowest BCUT2D eigenvalue weighted by Crippen LogP contribution is -2.36. The summed E-state index contributed by atoms with van der Waals surface area (Å²) in [5.41, 5.74) is 0.934. The van der Waals surface area contributed by atoms with E-state index in [1.807, 2.05) is 6.92 Å². The van der Waals surface area contributed by atoms with Crippen LogP contribution >= 0.6 is 0 Å². The fraction of sp³-hybridized carbons (Fsp3) is 0.571. The number of alkyl halides is 3. The third-order valence-corrected chi connectivity index (χ3v) is 4.89. The van der Waals surface area contributed by atoms with Gasteiger partial charge in [-0.3, -0.25) is 8.92 Å². The summed E-state index contributed by atoms with van der Waals surface area (Å²) < 4.78 is 68.4. The fourth-order valence-electron chi connectivity index (χ4n) is 2.29. The second-order valence-electron chi connectivity index (χ2n) is 5.40. The molecule has 0 radical (unpaired) electrons. The molecule has 0 N–H and O–H groups in total. The molecule has 22 heavy (non-hydrogen) atoms. The summed E-state index contributed by atoms with van der Waals surface area (Å²) in [4.78, 5) is 0.0741. The first-order valence-electron chi connectivity index (χ1n) is 6.86. The number of halogens is 3. The van der Waals surface area contributed by atoms with Gasteiger partial charge in [-0.1, -0.05) is 17.7 Å². The maximum atomic E-state index is 12.0. The van der Waals surface area contributed by atoms with Crippen LogP contribution in [0, 0.1) is 12.8 Å². The number of benzene rings is 1. The molecule has 2 rings (SSSR count). The smallest absolute Gasteiger partial charge is 0.289 e. The van der Waals surface area contributed by atoms with Crippen LogP contribution in [0.4, 0.5) is 13.2 Å². The van der Waals surface area contributed by atoms with Gasteiger partial charge in [0.2, 0.25) is 0 Å². The summed E-state index contributed by atoms with van der Waals surface area (Å²) in [6.45, 7) is 1.80. The lowest BCUT2D eigenvalue weighted by molar-refractivity contribution is -0.354. The Bertz CT molecular complexity index is 590. The first-order chi connectivity index (χ1) is 10.2. The van der Waals surface area contributed by atoms with Crippen molar-refractivity contribution in [3.05, 3.63) is 29.8 Å². The zero-order valence-corrected chi connectivity index (χ0v) is 12.8. The largest absolute Gasteiger partial charge is 0.522 e. The second-order valence-corrected chi connectivity index (χ2v) is 7.02. The molecule has 1 aliphatic rings. The number of aryl methyl sites for hydroxylation is 1. The maximum absolute atomic E-state index is 12.0. The van der Waals surface area contributed by atoms with Crippen molar-refractivity contribution in [1.82, 2.24) is 0 Å². The van der Waals surface area contributed by atoms with Crippen molar-refractivity contribution < 1.29 is 30.5 Å². The van der Waals surface area contributed by atoms with E-state index in [1.54, 1.807) is 12.1 Å². The summed E-state index contributed by atoms with van der Waals surface area (Å²) in [7, 11) is -3.81. The van der Waals surface area contributed by atoms with Gasteiger partial charge in [-0.25, -0.2) is 0 Å². The van der Waals surface area contributed by atoms with Gasteiger partial charge in [0, 0.05) is 0 Å². The number of ether oxygens (including phenoxy) is 1. The van der Waals surface area contributed by atoms with Crippen molar-refractivity contribution in [2.24, 2.45) is 5.92 Å². The van der Waals surface area contributed by atoms with Crippen LogP contribution in [0.15, 0.2) is 29.2 Å². The van der Waals surface area contributed by atoms with Crippen LogP contribution in [0.2, 0.25) is 0 Å². The summed E-state index contributed by atoms with van der Waals surface area (Å²) in [6.07, 6.45) is -4.50.